The Kier molecular flexibility index (Phi) is 7.97. The van der Waals surface area contributed by atoms with Gasteiger partial charge in [0.2, 0.25) is 0 Å². The fraction of sp³-hybridized carbons (Fsp3) is 0.684. The van der Waals surface area contributed by atoms with Crippen LogP contribution >= 0.6 is 23.5 Å². The molecule has 2 N–H and O–H groups in total. The molecule has 0 bridgehead atoms. The van der Waals surface area contributed by atoms with Crippen molar-refractivity contribution in [1.29, 1.82) is 0 Å². The van der Waals surface area contributed by atoms with Crippen molar-refractivity contribution < 1.29 is 9.05 Å². The number of aromatic nitrogens is 2. The average Bonchev–Trinajstić information content (AvgIpc) is 3.22. The van der Waals surface area contributed by atoms with E-state index in [4.69, 9.17) is 9.05 Å². The predicted octanol–water partition coefficient (Wildman–Crippen LogP) is 4.14. The summed E-state index contributed by atoms with van der Waals surface area (Å²) in [4.78, 5) is 22.4. The van der Waals surface area contributed by atoms with E-state index >= 15 is 0 Å². The molecule has 27 heavy (non-hydrogen) atoms. The lowest BCUT2D eigenvalue weighted by molar-refractivity contribution is 0.309. The van der Waals surface area contributed by atoms with E-state index < -0.39 is 0 Å². The standard InChI is InChI=1S/C19H30N2O4S2/c1-18(2,14-12-16(22)20-24-14)6-10-26-8-5-9-27-11-7-19(3,4)15-13-17(23)21-25-15/h12-13H,5-11H2,1-4H3,(H,20,22)(H,21,23). The molecule has 0 saturated carbocycles. The van der Waals surface area contributed by atoms with Gasteiger partial charge in [0.1, 0.15) is 11.5 Å². The third-order valence-corrected chi connectivity index (χ3v) is 6.84. The first-order valence-corrected chi connectivity index (χ1v) is 11.6. The predicted molar refractivity (Wildman–Crippen MR) is 113 cm³/mol. The number of aromatic amines is 2. The van der Waals surface area contributed by atoms with Crippen molar-refractivity contribution in [2.45, 2.75) is 57.8 Å². The molecule has 0 aliphatic rings. The minimum Gasteiger partial charge on any atom is -0.383 e. The van der Waals surface area contributed by atoms with E-state index in [9.17, 15) is 9.59 Å². The Hall–Kier alpha value is -1.28. The highest BCUT2D eigenvalue weighted by Crippen LogP contribution is 2.29. The van der Waals surface area contributed by atoms with Gasteiger partial charge in [-0.25, -0.2) is 0 Å². The highest BCUT2D eigenvalue weighted by Gasteiger charge is 2.25. The van der Waals surface area contributed by atoms with E-state index in [1.807, 2.05) is 23.5 Å². The number of rotatable bonds is 12. The van der Waals surface area contributed by atoms with Crippen LogP contribution in [0.25, 0.3) is 0 Å². The largest absolute Gasteiger partial charge is 0.383 e. The maximum atomic E-state index is 11.2. The summed E-state index contributed by atoms with van der Waals surface area (Å²) in [6.45, 7) is 8.40. The van der Waals surface area contributed by atoms with E-state index in [0.29, 0.717) is 0 Å². The molecule has 0 aromatic carbocycles. The van der Waals surface area contributed by atoms with Gasteiger partial charge in [-0.1, -0.05) is 27.7 Å². The van der Waals surface area contributed by atoms with Crippen LogP contribution in [-0.4, -0.2) is 33.3 Å². The monoisotopic (exact) mass is 414 g/mol. The minimum atomic E-state index is -0.176. The fourth-order valence-electron chi connectivity index (χ4n) is 2.60. The van der Waals surface area contributed by atoms with Crippen molar-refractivity contribution in [2.24, 2.45) is 0 Å². The van der Waals surface area contributed by atoms with Gasteiger partial charge in [-0.3, -0.25) is 9.59 Å². The molecule has 0 spiro atoms. The van der Waals surface area contributed by atoms with Gasteiger partial charge in [0.25, 0.3) is 11.1 Å². The van der Waals surface area contributed by atoms with Crippen LogP contribution in [0.4, 0.5) is 0 Å². The number of hydrogen-bond acceptors (Lipinski definition) is 6. The first kappa shape index (κ1) is 22.0. The van der Waals surface area contributed by atoms with Crippen LogP contribution in [0.3, 0.4) is 0 Å². The van der Waals surface area contributed by atoms with Crippen LogP contribution in [0.15, 0.2) is 30.8 Å². The van der Waals surface area contributed by atoms with E-state index in [-0.39, 0.29) is 21.9 Å². The van der Waals surface area contributed by atoms with Crippen LogP contribution in [0.5, 0.6) is 0 Å². The minimum absolute atomic E-state index is 0.125. The molecule has 0 unspecified atom stereocenters. The quantitative estimate of drug-likeness (QED) is 0.507. The number of nitrogens with one attached hydrogen (secondary N) is 2. The molecule has 2 aromatic heterocycles. The maximum absolute atomic E-state index is 11.2. The molecule has 2 rings (SSSR count). The molecule has 0 amide bonds. The molecule has 0 atom stereocenters. The molecule has 0 aliphatic carbocycles. The zero-order valence-electron chi connectivity index (χ0n) is 16.6. The Morgan fingerprint density at radius 2 is 1.19 bits per heavy atom. The Morgan fingerprint density at radius 1 is 0.778 bits per heavy atom. The molecular formula is C19H30N2O4S2. The molecule has 0 aliphatic heterocycles. The second-order valence-electron chi connectivity index (χ2n) is 8.00. The molecule has 0 fully saturated rings. The first-order valence-electron chi connectivity index (χ1n) is 9.24. The van der Waals surface area contributed by atoms with Crippen molar-refractivity contribution in [1.82, 2.24) is 10.3 Å². The van der Waals surface area contributed by atoms with Crippen LogP contribution in [-0.2, 0) is 10.8 Å². The highest BCUT2D eigenvalue weighted by atomic mass is 32.2. The van der Waals surface area contributed by atoms with Crippen molar-refractivity contribution in [3.63, 3.8) is 0 Å². The van der Waals surface area contributed by atoms with Gasteiger partial charge in [-0.05, 0) is 42.3 Å². The van der Waals surface area contributed by atoms with Crippen molar-refractivity contribution in [3.8, 4) is 0 Å². The lowest BCUT2D eigenvalue weighted by Crippen LogP contribution is -2.18. The smallest absolute Gasteiger partial charge is 0.280 e. The molecular weight excluding hydrogens is 384 g/mol. The van der Waals surface area contributed by atoms with E-state index in [1.54, 1.807) is 12.1 Å². The number of hydrogen-bond donors (Lipinski definition) is 2. The molecule has 0 radical (unpaired) electrons. The van der Waals surface area contributed by atoms with Gasteiger partial charge in [0.15, 0.2) is 0 Å². The second kappa shape index (κ2) is 9.78. The van der Waals surface area contributed by atoms with Crippen LogP contribution in [0.2, 0.25) is 0 Å². The van der Waals surface area contributed by atoms with Crippen LogP contribution < -0.4 is 11.1 Å². The molecule has 2 heterocycles. The summed E-state index contributed by atoms with van der Waals surface area (Å²) in [7, 11) is 0. The average molecular weight is 415 g/mol. The van der Waals surface area contributed by atoms with E-state index in [0.717, 1.165) is 47.4 Å². The number of H-pyrrole nitrogens is 2. The summed E-state index contributed by atoms with van der Waals surface area (Å²) >= 11 is 3.90. The molecule has 8 heteroatoms. The molecule has 6 nitrogen and oxygen atoms in total. The highest BCUT2D eigenvalue weighted by molar-refractivity contribution is 8.00. The zero-order valence-corrected chi connectivity index (χ0v) is 18.2. The number of thioether (sulfide) groups is 2. The van der Waals surface area contributed by atoms with Crippen LogP contribution in [0.1, 0.15) is 58.5 Å². The Morgan fingerprint density at radius 3 is 1.52 bits per heavy atom. The lowest BCUT2D eigenvalue weighted by Gasteiger charge is -2.21. The van der Waals surface area contributed by atoms with Gasteiger partial charge >= 0.3 is 0 Å². The fourth-order valence-corrected chi connectivity index (χ4v) is 5.20. The van der Waals surface area contributed by atoms with Gasteiger partial charge in [0, 0.05) is 23.0 Å². The topological polar surface area (TPSA) is 92.0 Å². The summed E-state index contributed by atoms with van der Waals surface area (Å²) in [5.41, 5.74) is -0.603. The third kappa shape index (κ3) is 6.99. The Labute approximate surface area is 168 Å². The zero-order chi connectivity index (χ0) is 19.9. The molecule has 2 aromatic rings. The Bertz CT molecular complexity index is 734. The molecule has 0 saturated heterocycles. The first-order chi connectivity index (χ1) is 12.7. The summed E-state index contributed by atoms with van der Waals surface area (Å²) in [5.74, 6) is 5.82. The van der Waals surface area contributed by atoms with Gasteiger partial charge < -0.3 is 9.05 Å². The van der Waals surface area contributed by atoms with Crippen molar-refractivity contribution in [3.05, 3.63) is 44.4 Å². The molecule has 152 valence electrons. The van der Waals surface area contributed by atoms with Crippen molar-refractivity contribution >= 4 is 23.5 Å². The van der Waals surface area contributed by atoms with Gasteiger partial charge in [-0.2, -0.15) is 33.8 Å². The van der Waals surface area contributed by atoms with E-state index in [2.05, 4.69) is 38.0 Å². The van der Waals surface area contributed by atoms with Gasteiger partial charge in [0.05, 0.1) is 0 Å². The second-order valence-corrected chi connectivity index (χ2v) is 10.4. The lowest BCUT2D eigenvalue weighted by atomic mass is 9.87. The van der Waals surface area contributed by atoms with Crippen molar-refractivity contribution in [2.75, 3.05) is 23.0 Å². The maximum Gasteiger partial charge on any atom is 0.280 e. The van der Waals surface area contributed by atoms with Gasteiger partial charge in [-0.15, -0.1) is 0 Å². The third-order valence-electron chi connectivity index (χ3n) is 4.70. The summed E-state index contributed by atoms with van der Waals surface area (Å²) in [6.07, 6.45) is 3.12. The Balaban J connectivity index is 1.53. The van der Waals surface area contributed by atoms with Crippen LogP contribution in [0, 0.1) is 0 Å². The summed E-state index contributed by atoms with van der Waals surface area (Å²) in [6, 6.07) is 3.09. The normalized spacial score (nSPS) is 12.6. The van der Waals surface area contributed by atoms with E-state index in [1.165, 1.54) is 6.42 Å². The summed E-state index contributed by atoms with van der Waals surface area (Å²) in [5, 5.41) is 4.73. The SMILES string of the molecule is CC(C)(CCSCCCSCCC(C)(C)c1cc(=O)[nH]o1)c1cc(=O)[nH]o1. The summed E-state index contributed by atoms with van der Waals surface area (Å²) < 4.78 is 10.5.